The molecule has 2 nitrogen and oxygen atoms in total. The molecule has 17 heavy (non-hydrogen) atoms. The van der Waals surface area contributed by atoms with Crippen LogP contribution in [0.15, 0.2) is 34.9 Å². The van der Waals surface area contributed by atoms with Crippen molar-refractivity contribution < 1.29 is 18.7 Å². The van der Waals surface area contributed by atoms with Gasteiger partial charge in [-0.15, -0.1) is 0 Å². The first-order chi connectivity index (χ1) is 7.90. The predicted octanol–water partition coefficient (Wildman–Crippen LogP) is 3.74. The minimum absolute atomic E-state index is 0.102. The molecule has 0 saturated heterocycles. The third-order valence-corrected chi connectivity index (χ3v) is 3.28. The third-order valence-electron chi connectivity index (χ3n) is 2.93. The van der Waals surface area contributed by atoms with Crippen LogP contribution in [0.2, 0.25) is 0 Å². The fourth-order valence-corrected chi connectivity index (χ4v) is 2.05. The van der Waals surface area contributed by atoms with Crippen LogP contribution in [0, 0.1) is 5.41 Å². The Labute approximate surface area is 103 Å². The molecule has 0 aromatic heterocycles. The molecule has 0 aromatic rings. The maximum absolute atomic E-state index is 13.0. The molecule has 1 fully saturated rings. The Morgan fingerprint density at radius 1 is 1.53 bits per heavy atom. The average Bonchev–Trinajstić information content (AvgIpc) is 3.05. The van der Waals surface area contributed by atoms with Gasteiger partial charge in [-0.1, -0.05) is 24.3 Å². The van der Waals surface area contributed by atoms with Crippen LogP contribution in [0.1, 0.15) is 19.8 Å². The Kier molecular flexibility index (Phi) is 4.09. The summed E-state index contributed by atoms with van der Waals surface area (Å²) < 4.78 is 26.0. The Morgan fingerprint density at radius 3 is 2.29 bits per heavy atom. The number of hydrogen-bond acceptors (Lipinski definition) is 1. The Bertz CT molecular complexity index is 407. The van der Waals surface area contributed by atoms with E-state index in [1.54, 1.807) is 0 Å². The van der Waals surface area contributed by atoms with Gasteiger partial charge < -0.3 is 5.11 Å². The van der Waals surface area contributed by atoms with Crippen molar-refractivity contribution in [1.29, 1.82) is 0 Å². The normalized spacial score (nSPS) is 19.9. The van der Waals surface area contributed by atoms with Gasteiger partial charge >= 0.3 is 5.97 Å². The molecule has 94 valence electrons. The van der Waals surface area contributed by atoms with Crippen LogP contribution in [0.3, 0.4) is 0 Å². The van der Waals surface area contributed by atoms with E-state index >= 15 is 0 Å². The van der Waals surface area contributed by atoms with Crippen molar-refractivity contribution in [2.75, 3.05) is 0 Å². The number of carboxylic acids is 1. The highest BCUT2D eigenvalue weighted by Gasteiger charge is 2.55. The van der Waals surface area contributed by atoms with E-state index in [-0.39, 0.29) is 29.0 Å². The molecule has 0 aromatic carbocycles. The zero-order valence-corrected chi connectivity index (χ0v) is 10.1. The first kappa shape index (κ1) is 13.9. The van der Waals surface area contributed by atoms with Crippen molar-refractivity contribution in [1.82, 2.24) is 0 Å². The maximum atomic E-state index is 13.0. The summed E-state index contributed by atoms with van der Waals surface area (Å²) in [4.78, 5) is 11.1. The first-order valence-corrected chi connectivity index (χ1v) is 5.49. The second-order valence-corrected chi connectivity index (χ2v) is 4.30. The molecule has 5 heteroatoms. The Balaban J connectivity index is 3.28. The summed E-state index contributed by atoms with van der Waals surface area (Å²) in [5, 5.41) is 8.96. The summed E-state index contributed by atoms with van der Waals surface area (Å²) in [6.45, 7) is 4.90. The number of rotatable bonds is 5. The summed E-state index contributed by atoms with van der Waals surface area (Å²) >= 11 is 5.73. The molecular weight excluding hydrogens is 250 g/mol. The zero-order chi connectivity index (χ0) is 13.2. The number of aliphatic carboxylic acids is 1. The van der Waals surface area contributed by atoms with Crippen LogP contribution in [-0.4, -0.2) is 17.5 Å². The molecule has 1 rings (SSSR count). The Morgan fingerprint density at radius 2 is 2.06 bits per heavy atom. The SMILES string of the molecule is C=C/C(Cl)=C(C(=O)O)\C(=C/C)C1(C(F)F)CC1. The molecule has 1 N–H and O–H groups in total. The lowest BCUT2D eigenvalue weighted by atomic mass is 9.89. The van der Waals surface area contributed by atoms with E-state index in [2.05, 4.69) is 6.58 Å². The van der Waals surface area contributed by atoms with Crippen LogP contribution >= 0.6 is 11.6 Å². The highest BCUT2D eigenvalue weighted by molar-refractivity contribution is 6.33. The van der Waals surface area contributed by atoms with Crippen LogP contribution in [0.25, 0.3) is 0 Å². The van der Waals surface area contributed by atoms with Gasteiger partial charge in [0.05, 0.1) is 16.0 Å². The van der Waals surface area contributed by atoms with Crippen molar-refractivity contribution in [3.05, 3.63) is 34.9 Å². The minimum atomic E-state index is -2.59. The number of carbonyl (C=O) groups is 1. The lowest BCUT2D eigenvalue weighted by molar-refractivity contribution is -0.132. The van der Waals surface area contributed by atoms with Gasteiger partial charge in [-0.05, 0) is 31.4 Å². The number of allylic oxidation sites excluding steroid dienone is 3. The van der Waals surface area contributed by atoms with Crippen molar-refractivity contribution >= 4 is 17.6 Å². The van der Waals surface area contributed by atoms with Crippen LogP contribution in [0.4, 0.5) is 8.78 Å². The number of hydrogen-bond donors (Lipinski definition) is 1. The number of carboxylic acid groups (broad SMARTS) is 1. The monoisotopic (exact) mass is 262 g/mol. The fraction of sp³-hybridized carbons (Fsp3) is 0.417. The van der Waals surface area contributed by atoms with Gasteiger partial charge in [0.1, 0.15) is 0 Å². The van der Waals surface area contributed by atoms with Gasteiger partial charge in [0.15, 0.2) is 0 Å². The molecular formula is C12H13ClF2O2. The molecule has 0 atom stereocenters. The van der Waals surface area contributed by atoms with Crippen molar-refractivity contribution in [2.24, 2.45) is 5.41 Å². The lowest BCUT2D eigenvalue weighted by Crippen LogP contribution is -2.20. The summed E-state index contributed by atoms with van der Waals surface area (Å²) in [7, 11) is 0. The second kappa shape index (κ2) is 5.00. The molecule has 1 saturated carbocycles. The quantitative estimate of drug-likeness (QED) is 0.605. The van der Waals surface area contributed by atoms with Gasteiger partial charge in [0.2, 0.25) is 6.43 Å². The van der Waals surface area contributed by atoms with E-state index in [1.165, 1.54) is 13.0 Å². The molecule has 0 aliphatic heterocycles. The summed E-state index contributed by atoms with van der Waals surface area (Å²) in [6, 6.07) is 0. The summed E-state index contributed by atoms with van der Waals surface area (Å²) in [5.41, 5.74) is -1.52. The fourth-order valence-electron chi connectivity index (χ4n) is 1.87. The van der Waals surface area contributed by atoms with Gasteiger partial charge in [0.25, 0.3) is 0 Å². The number of alkyl halides is 2. The van der Waals surface area contributed by atoms with E-state index in [1.807, 2.05) is 0 Å². The maximum Gasteiger partial charge on any atom is 0.337 e. The predicted molar refractivity (Wildman–Crippen MR) is 62.1 cm³/mol. The molecule has 0 unspecified atom stereocenters. The largest absolute Gasteiger partial charge is 0.478 e. The van der Waals surface area contributed by atoms with Crippen molar-refractivity contribution in [3.63, 3.8) is 0 Å². The van der Waals surface area contributed by atoms with Gasteiger partial charge in [-0.2, -0.15) is 0 Å². The van der Waals surface area contributed by atoms with E-state index in [0.29, 0.717) is 0 Å². The first-order valence-electron chi connectivity index (χ1n) is 5.11. The molecule has 1 aliphatic rings. The zero-order valence-electron chi connectivity index (χ0n) is 9.34. The van der Waals surface area contributed by atoms with E-state index < -0.39 is 17.8 Å². The molecule has 0 spiro atoms. The van der Waals surface area contributed by atoms with Gasteiger partial charge in [-0.25, -0.2) is 13.6 Å². The summed E-state index contributed by atoms with van der Waals surface area (Å²) in [5.74, 6) is -1.31. The van der Waals surface area contributed by atoms with Crippen LogP contribution in [0.5, 0.6) is 0 Å². The third kappa shape index (κ3) is 2.41. The Hall–Kier alpha value is -1.16. The topological polar surface area (TPSA) is 37.3 Å². The molecule has 0 bridgehead atoms. The molecule has 1 aliphatic carbocycles. The summed E-state index contributed by atoms with van der Waals surface area (Å²) in [6.07, 6.45) is 0.521. The van der Waals surface area contributed by atoms with Crippen LogP contribution < -0.4 is 0 Å². The molecule has 0 heterocycles. The number of halogens is 3. The van der Waals surface area contributed by atoms with Crippen LogP contribution in [-0.2, 0) is 4.79 Å². The van der Waals surface area contributed by atoms with E-state index in [0.717, 1.165) is 6.08 Å². The van der Waals surface area contributed by atoms with E-state index in [9.17, 15) is 13.6 Å². The van der Waals surface area contributed by atoms with Gasteiger partial charge in [0, 0.05) is 0 Å². The van der Waals surface area contributed by atoms with E-state index in [4.69, 9.17) is 16.7 Å². The minimum Gasteiger partial charge on any atom is -0.478 e. The standard InChI is InChI=1S/C12H13ClF2O2/c1-3-7(12(5-6-12)11(14)15)9(10(16)17)8(13)4-2/h3-4,11H,2,5-6H2,1H3,(H,16,17)/b7-3+,9-8-. The van der Waals surface area contributed by atoms with Crippen molar-refractivity contribution in [2.45, 2.75) is 26.2 Å². The highest BCUT2D eigenvalue weighted by Crippen LogP contribution is 2.58. The van der Waals surface area contributed by atoms with Crippen molar-refractivity contribution in [3.8, 4) is 0 Å². The lowest BCUT2D eigenvalue weighted by Gasteiger charge is -2.19. The molecule has 0 amide bonds. The highest BCUT2D eigenvalue weighted by atomic mass is 35.5. The second-order valence-electron chi connectivity index (χ2n) is 3.89. The van der Waals surface area contributed by atoms with Gasteiger partial charge in [-0.3, -0.25) is 0 Å². The molecule has 0 radical (unpaired) electrons. The smallest absolute Gasteiger partial charge is 0.337 e. The average molecular weight is 263 g/mol.